The summed E-state index contributed by atoms with van der Waals surface area (Å²) in [6.07, 6.45) is 4.93. The van der Waals surface area contributed by atoms with Gasteiger partial charge in [0, 0.05) is 17.4 Å². The Bertz CT molecular complexity index is 887. The van der Waals surface area contributed by atoms with Gasteiger partial charge in [0.05, 0.1) is 12.1 Å². The third-order valence-electron chi connectivity index (χ3n) is 5.39. The first-order chi connectivity index (χ1) is 12.0. The highest BCUT2D eigenvalue weighted by atomic mass is 35.5. The van der Waals surface area contributed by atoms with Crippen LogP contribution in [-0.4, -0.2) is 12.9 Å². The van der Waals surface area contributed by atoms with Gasteiger partial charge in [0.1, 0.15) is 10.8 Å². The second-order valence-corrected chi connectivity index (χ2v) is 7.64. The molecule has 2 nitrogen and oxygen atoms in total. The van der Waals surface area contributed by atoms with Crippen LogP contribution >= 0.6 is 23.2 Å². The molecule has 128 valence electrons. The summed E-state index contributed by atoms with van der Waals surface area (Å²) in [5.74, 6) is 0.750. The van der Waals surface area contributed by atoms with E-state index in [1.807, 2.05) is 12.1 Å². The predicted octanol–water partition coefficient (Wildman–Crippen LogP) is 5.53. The van der Waals surface area contributed by atoms with E-state index in [4.69, 9.17) is 27.9 Å². The lowest BCUT2D eigenvalue weighted by molar-refractivity contribution is -0.115. The second kappa shape index (κ2) is 6.19. The number of hydrogen-bond acceptors (Lipinski definition) is 2. The van der Waals surface area contributed by atoms with E-state index in [1.165, 1.54) is 5.56 Å². The Morgan fingerprint density at radius 2 is 1.92 bits per heavy atom. The van der Waals surface area contributed by atoms with Crippen molar-refractivity contribution in [3.05, 3.63) is 69.2 Å². The van der Waals surface area contributed by atoms with Gasteiger partial charge in [-0.3, -0.25) is 4.79 Å². The lowest BCUT2D eigenvalue weighted by atomic mass is 9.69. The summed E-state index contributed by atoms with van der Waals surface area (Å²) in [5.41, 5.74) is 4.25. The summed E-state index contributed by atoms with van der Waals surface area (Å²) in [7, 11) is 1.59. The van der Waals surface area contributed by atoms with Crippen molar-refractivity contribution < 1.29 is 9.53 Å². The summed E-state index contributed by atoms with van der Waals surface area (Å²) >= 11 is 13.0. The fraction of sp³-hybridized carbons (Fsp3) is 0.286. The molecule has 0 bridgehead atoms. The topological polar surface area (TPSA) is 26.3 Å². The Labute approximate surface area is 157 Å². The van der Waals surface area contributed by atoms with Crippen molar-refractivity contribution in [3.8, 4) is 5.75 Å². The first-order valence-corrected chi connectivity index (χ1v) is 9.14. The van der Waals surface area contributed by atoms with Gasteiger partial charge >= 0.3 is 0 Å². The Balaban J connectivity index is 1.87. The maximum absolute atomic E-state index is 12.2. The molecule has 4 rings (SSSR count). The van der Waals surface area contributed by atoms with Crippen molar-refractivity contribution in [2.24, 2.45) is 5.41 Å². The molecule has 2 aliphatic rings. The quantitative estimate of drug-likeness (QED) is 0.707. The van der Waals surface area contributed by atoms with Crippen molar-refractivity contribution >= 4 is 34.6 Å². The van der Waals surface area contributed by atoms with Crippen LogP contribution in [0, 0.1) is 5.41 Å². The first-order valence-electron chi connectivity index (χ1n) is 8.38. The Kier molecular flexibility index (Phi) is 4.13. The summed E-state index contributed by atoms with van der Waals surface area (Å²) in [4.78, 5) is 12.2. The number of hydrogen-bond donors (Lipinski definition) is 0. The molecule has 1 unspecified atom stereocenters. The molecular formula is C21H18Cl2O2. The molecule has 2 aromatic rings. The standard InChI is InChI=1S/C21H18Cl2O2/c1-25-17-9-14-12-21(11-13-5-3-2-4-6-13)8-7-15(24)10-16(21)18(14)20(23)19(17)22/h2-6,9-10H,7-8,11-12H2,1H3. The number of halogens is 2. The molecule has 0 aliphatic heterocycles. The average Bonchev–Trinajstić information content (AvgIpc) is 2.92. The number of ketones is 1. The summed E-state index contributed by atoms with van der Waals surface area (Å²) in [6.45, 7) is 0. The molecule has 0 N–H and O–H groups in total. The van der Waals surface area contributed by atoms with Crippen molar-refractivity contribution in [2.75, 3.05) is 7.11 Å². The van der Waals surface area contributed by atoms with Crippen LogP contribution in [0.15, 0.2) is 42.5 Å². The maximum Gasteiger partial charge on any atom is 0.156 e. The number of fused-ring (bicyclic) bond motifs is 3. The molecular weight excluding hydrogens is 355 g/mol. The smallest absolute Gasteiger partial charge is 0.156 e. The number of rotatable bonds is 3. The lowest BCUT2D eigenvalue weighted by Crippen LogP contribution is -2.28. The van der Waals surface area contributed by atoms with Gasteiger partial charge in [-0.2, -0.15) is 0 Å². The molecule has 0 amide bonds. The number of methoxy groups -OCH3 is 1. The summed E-state index contributed by atoms with van der Waals surface area (Å²) in [5, 5.41) is 0.907. The fourth-order valence-electron chi connectivity index (χ4n) is 4.23. The number of ether oxygens (including phenoxy) is 1. The van der Waals surface area contributed by atoms with Crippen LogP contribution < -0.4 is 4.74 Å². The van der Waals surface area contributed by atoms with E-state index < -0.39 is 0 Å². The molecule has 0 saturated carbocycles. The van der Waals surface area contributed by atoms with Crippen LogP contribution in [0.5, 0.6) is 5.75 Å². The van der Waals surface area contributed by atoms with Gasteiger partial charge in [-0.1, -0.05) is 53.5 Å². The predicted molar refractivity (Wildman–Crippen MR) is 102 cm³/mol. The van der Waals surface area contributed by atoms with Crippen molar-refractivity contribution in [2.45, 2.75) is 25.7 Å². The van der Waals surface area contributed by atoms with Gasteiger partial charge in [-0.25, -0.2) is 0 Å². The molecule has 2 aromatic carbocycles. The minimum absolute atomic E-state index is 0.100. The zero-order valence-electron chi connectivity index (χ0n) is 13.9. The first kappa shape index (κ1) is 16.7. The maximum atomic E-state index is 12.2. The van der Waals surface area contributed by atoms with Crippen molar-refractivity contribution in [1.29, 1.82) is 0 Å². The molecule has 2 aliphatic carbocycles. The molecule has 25 heavy (non-hydrogen) atoms. The van der Waals surface area contributed by atoms with E-state index in [2.05, 4.69) is 24.3 Å². The molecule has 0 radical (unpaired) electrons. The number of allylic oxidation sites excluding steroid dienone is 2. The van der Waals surface area contributed by atoms with Crippen LogP contribution in [0.1, 0.15) is 29.5 Å². The minimum Gasteiger partial charge on any atom is -0.495 e. The van der Waals surface area contributed by atoms with Crippen LogP contribution in [0.3, 0.4) is 0 Å². The van der Waals surface area contributed by atoms with E-state index in [9.17, 15) is 4.79 Å². The Morgan fingerprint density at radius 1 is 1.16 bits per heavy atom. The Morgan fingerprint density at radius 3 is 2.64 bits per heavy atom. The largest absolute Gasteiger partial charge is 0.495 e. The highest BCUT2D eigenvalue weighted by Crippen LogP contribution is 2.57. The molecule has 0 fully saturated rings. The molecule has 0 heterocycles. The van der Waals surface area contributed by atoms with Gasteiger partial charge in [0.15, 0.2) is 5.78 Å². The molecule has 0 aromatic heterocycles. The van der Waals surface area contributed by atoms with Crippen LogP contribution in [-0.2, 0) is 17.6 Å². The van der Waals surface area contributed by atoms with Gasteiger partial charge in [0.2, 0.25) is 0 Å². The van der Waals surface area contributed by atoms with Gasteiger partial charge < -0.3 is 4.74 Å². The zero-order valence-corrected chi connectivity index (χ0v) is 15.5. The fourth-order valence-corrected chi connectivity index (χ4v) is 4.78. The van der Waals surface area contributed by atoms with Crippen molar-refractivity contribution in [1.82, 2.24) is 0 Å². The van der Waals surface area contributed by atoms with Gasteiger partial charge in [-0.05, 0) is 48.1 Å². The highest BCUT2D eigenvalue weighted by molar-refractivity contribution is 6.44. The van der Waals surface area contributed by atoms with E-state index in [0.29, 0.717) is 22.2 Å². The highest BCUT2D eigenvalue weighted by Gasteiger charge is 2.45. The van der Waals surface area contributed by atoms with Gasteiger partial charge in [-0.15, -0.1) is 0 Å². The lowest BCUT2D eigenvalue weighted by Gasteiger charge is -2.34. The number of carbonyl (C=O) groups is 1. The van der Waals surface area contributed by atoms with E-state index in [1.54, 1.807) is 13.2 Å². The number of carbonyl (C=O) groups excluding carboxylic acids is 1. The SMILES string of the molecule is COc1cc2c(c(Cl)c1Cl)C1=CC(=O)CCC1(Cc1ccccc1)C2. The van der Waals surface area contributed by atoms with Crippen LogP contribution in [0.2, 0.25) is 10.0 Å². The molecule has 0 saturated heterocycles. The van der Waals surface area contributed by atoms with Crippen LogP contribution in [0.25, 0.3) is 5.57 Å². The zero-order chi connectivity index (χ0) is 17.6. The normalized spacial score (nSPS) is 21.6. The third-order valence-corrected chi connectivity index (χ3v) is 6.23. The summed E-state index contributed by atoms with van der Waals surface area (Å²) in [6, 6.07) is 12.4. The average molecular weight is 373 g/mol. The van der Waals surface area contributed by atoms with Crippen molar-refractivity contribution in [3.63, 3.8) is 0 Å². The Hall–Kier alpha value is -1.77. The van der Waals surface area contributed by atoms with Crippen LogP contribution in [0.4, 0.5) is 0 Å². The minimum atomic E-state index is -0.100. The molecule has 1 atom stereocenters. The molecule has 4 heteroatoms. The monoisotopic (exact) mass is 372 g/mol. The van der Waals surface area contributed by atoms with Gasteiger partial charge in [0.25, 0.3) is 0 Å². The van der Waals surface area contributed by atoms with E-state index >= 15 is 0 Å². The molecule has 0 spiro atoms. The number of benzene rings is 2. The van der Waals surface area contributed by atoms with E-state index in [0.717, 1.165) is 36.0 Å². The third kappa shape index (κ3) is 2.68. The van der Waals surface area contributed by atoms with E-state index in [-0.39, 0.29) is 11.2 Å². The summed E-state index contributed by atoms with van der Waals surface area (Å²) < 4.78 is 5.37. The second-order valence-electron chi connectivity index (χ2n) is 6.88.